The first-order chi connectivity index (χ1) is 9.29. The van der Waals surface area contributed by atoms with E-state index >= 15 is 0 Å². The van der Waals surface area contributed by atoms with Crippen LogP contribution in [0.25, 0.3) is 0 Å². The highest BCUT2D eigenvalue weighted by Gasteiger charge is 2.18. The summed E-state index contributed by atoms with van der Waals surface area (Å²) in [5.41, 5.74) is 1.98. The molecule has 0 fully saturated rings. The predicted octanol–water partition coefficient (Wildman–Crippen LogP) is 3.61. The Balaban J connectivity index is 2.89. The van der Waals surface area contributed by atoms with Crippen molar-refractivity contribution >= 4 is 5.91 Å². The molecule has 0 heterocycles. The van der Waals surface area contributed by atoms with Gasteiger partial charge in [-0.2, -0.15) is 5.26 Å². The number of rotatable bonds is 4. The third-order valence-electron chi connectivity index (χ3n) is 3.38. The van der Waals surface area contributed by atoms with E-state index in [1.54, 1.807) is 4.90 Å². The SMILES string of the molecule is CCN(CC(C)C#N)C(=O)c1ccc(C(C)(C)C)cc1. The predicted molar refractivity (Wildman–Crippen MR) is 81.5 cm³/mol. The number of hydrogen-bond donors (Lipinski definition) is 0. The zero-order valence-corrected chi connectivity index (χ0v) is 13.1. The molecule has 0 aliphatic rings. The summed E-state index contributed by atoms with van der Waals surface area (Å²) in [5, 5.41) is 8.87. The third-order valence-corrected chi connectivity index (χ3v) is 3.38. The number of amides is 1. The molecule has 0 radical (unpaired) electrons. The summed E-state index contributed by atoms with van der Waals surface area (Å²) >= 11 is 0. The Morgan fingerprint density at radius 1 is 1.30 bits per heavy atom. The second-order valence-corrected chi connectivity index (χ2v) is 6.20. The van der Waals surface area contributed by atoms with E-state index in [4.69, 9.17) is 5.26 Å². The van der Waals surface area contributed by atoms with Crippen molar-refractivity contribution in [3.05, 3.63) is 35.4 Å². The molecule has 1 atom stereocenters. The number of hydrogen-bond acceptors (Lipinski definition) is 2. The van der Waals surface area contributed by atoms with E-state index in [2.05, 4.69) is 26.8 Å². The van der Waals surface area contributed by atoms with Gasteiger partial charge in [0.15, 0.2) is 0 Å². The van der Waals surface area contributed by atoms with E-state index in [0.29, 0.717) is 18.7 Å². The van der Waals surface area contributed by atoms with Gasteiger partial charge in [-0.25, -0.2) is 0 Å². The van der Waals surface area contributed by atoms with Crippen molar-refractivity contribution in [1.29, 1.82) is 5.26 Å². The van der Waals surface area contributed by atoms with E-state index in [0.717, 1.165) is 0 Å². The van der Waals surface area contributed by atoms with Gasteiger partial charge in [0.05, 0.1) is 12.0 Å². The molecular weight excluding hydrogens is 248 g/mol. The summed E-state index contributed by atoms with van der Waals surface area (Å²) in [5.74, 6) is -0.150. The molecule has 0 saturated heterocycles. The quantitative estimate of drug-likeness (QED) is 0.840. The molecule has 0 aromatic heterocycles. The first-order valence-corrected chi connectivity index (χ1v) is 7.09. The van der Waals surface area contributed by atoms with E-state index < -0.39 is 0 Å². The Morgan fingerprint density at radius 3 is 2.25 bits per heavy atom. The number of nitriles is 1. The monoisotopic (exact) mass is 272 g/mol. The number of nitrogens with zero attached hydrogens (tertiary/aromatic N) is 2. The molecule has 0 aliphatic carbocycles. The average Bonchev–Trinajstić information content (AvgIpc) is 2.42. The summed E-state index contributed by atoms with van der Waals surface area (Å²) < 4.78 is 0. The van der Waals surface area contributed by atoms with Gasteiger partial charge in [-0.15, -0.1) is 0 Å². The molecule has 20 heavy (non-hydrogen) atoms. The van der Waals surface area contributed by atoms with Gasteiger partial charge in [0, 0.05) is 18.7 Å². The molecule has 0 aliphatic heterocycles. The molecule has 1 aromatic carbocycles. The van der Waals surface area contributed by atoms with Gasteiger partial charge < -0.3 is 4.90 Å². The minimum Gasteiger partial charge on any atom is -0.338 e. The first kappa shape index (κ1) is 16.2. The molecule has 0 spiro atoms. The maximum Gasteiger partial charge on any atom is 0.253 e. The van der Waals surface area contributed by atoms with Gasteiger partial charge in [0.2, 0.25) is 0 Å². The average molecular weight is 272 g/mol. The summed E-state index contributed by atoms with van der Waals surface area (Å²) in [4.78, 5) is 14.1. The molecule has 0 saturated carbocycles. The molecule has 1 unspecified atom stereocenters. The summed E-state index contributed by atoms with van der Waals surface area (Å²) in [6.07, 6.45) is 0. The first-order valence-electron chi connectivity index (χ1n) is 7.09. The zero-order valence-electron chi connectivity index (χ0n) is 13.1. The molecule has 1 rings (SSSR count). The Labute approximate surface area is 122 Å². The lowest BCUT2D eigenvalue weighted by Gasteiger charge is -2.23. The molecule has 1 amide bonds. The standard InChI is InChI=1S/C17H24N2O/c1-6-19(12-13(2)11-18)16(20)14-7-9-15(10-8-14)17(3,4)5/h7-10,13H,6,12H2,1-5H3. The van der Waals surface area contributed by atoms with E-state index in [9.17, 15) is 4.79 Å². The maximum atomic E-state index is 12.4. The molecule has 1 aromatic rings. The molecule has 108 valence electrons. The Bertz CT molecular complexity index is 491. The Morgan fingerprint density at radius 2 is 1.85 bits per heavy atom. The lowest BCUT2D eigenvalue weighted by Crippen LogP contribution is -2.34. The van der Waals surface area contributed by atoms with Gasteiger partial charge >= 0.3 is 0 Å². The second-order valence-electron chi connectivity index (χ2n) is 6.20. The molecular formula is C17H24N2O. The van der Waals surface area contributed by atoms with Crippen LogP contribution in [-0.2, 0) is 5.41 Å². The normalized spacial score (nSPS) is 12.6. The van der Waals surface area contributed by atoms with Gasteiger partial charge in [-0.1, -0.05) is 32.9 Å². The Kier molecular flexibility index (Phi) is 5.33. The lowest BCUT2D eigenvalue weighted by atomic mass is 9.86. The van der Waals surface area contributed by atoms with Crippen LogP contribution in [0, 0.1) is 17.2 Å². The molecule has 3 heteroatoms. The van der Waals surface area contributed by atoms with Crippen molar-refractivity contribution in [2.24, 2.45) is 5.92 Å². The van der Waals surface area contributed by atoms with Gasteiger partial charge in [-0.05, 0) is 37.0 Å². The third kappa shape index (κ3) is 4.09. The van der Waals surface area contributed by atoms with Crippen molar-refractivity contribution < 1.29 is 4.79 Å². The van der Waals surface area contributed by atoms with Gasteiger partial charge in [0.25, 0.3) is 5.91 Å². The molecule has 0 N–H and O–H groups in total. The van der Waals surface area contributed by atoms with Crippen LogP contribution in [0.3, 0.4) is 0 Å². The highest BCUT2D eigenvalue weighted by atomic mass is 16.2. The number of benzene rings is 1. The van der Waals surface area contributed by atoms with Crippen molar-refractivity contribution in [2.45, 2.75) is 40.0 Å². The highest BCUT2D eigenvalue weighted by molar-refractivity contribution is 5.94. The lowest BCUT2D eigenvalue weighted by molar-refractivity contribution is 0.0752. The van der Waals surface area contributed by atoms with Crippen molar-refractivity contribution in [3.63, 3.8) is 0 Å². The second kappa shape index (κ2) is 6.56. The summed E-state index contributed by atoms with van der Waals surface area (Å²) in [6.45, 7) is 11.3. The van der Waals surface area contributed by atoms with Crippen LogP contribution in [0.15, 0.2) is 24.3 Å². The van der Waals surface area contributed by atoms with Crippen molar-refractivity contribution in [1.82, 2.24) is 4.90 Å². The van der Waals surface area contributed by atoms with Gasteiger partial charge in [-0.3, -0.25) is 4.79 Å². The fourth-order valence-corrected chi connectivity index (χ4v) is 2.02. The molecule has 3 nitrogen and oxygen atoms in total. The van der Waals surface area contributed by atoms with Gasteiger partial charge in [0.1, 0.15) is 0 Å². The zero-order chi connectivity index (χ0) is 15.3. The molecule has 0 bridgehead atoms. The summed E-state index contributed by atoms with van der Waals surface area (Å²) in [6, 6.07) is 9.94. The largest absolute Gasteiger partial charge is 0.338 e. The number of carbonyl (C=O) groups excluding carboxylic acids is 1. The van der Waals surface area contributed by atoms with Crippen LogP contribution < -0.4 is 0 Å². The fraction of sp³-hybridized carbons (Fsp3) is 0.529. The fourth-order valence-electron chi connectivity index (χ4n) is 2.02. The van der Waals surface area contributed by atoms with Crippen LogP contribution in [-0.4, -0.2) is 23.9 Å². The van der Waals surface area contributed by atoms with E-state index in [1.165, 1.54) is 5.56 Å². The van der Waals surface area contributed by atoms with Crippen LogP contribution in [0.5, 0.6) is 0 Å². The minimum absolute atomic E-state index is 0.00457. The minimum atomic E-state index is -0.146. The van der Waals surface area contributed by atoms with Crippen LogP contribution in [0.2, 0.25) is 0 Å². The maximum absolute atomic E-state index is 12.4. The van der Waals surface area contributed by atoms with Crippen molar-refractivity contribution in [3.8, 4) is 6.07 Å². The Hall–Kier alpha value is -1.82. The number of carbonyl (C=O) groups is 1. The summed E-state index contributed by atoms with van der Waals surface area (Å²) in [7, 11) is 0. The van der Waals surface area contributed by atoms with Crippen LogP contribution in [0.4, 0.5) is 0 Å². The van der Waals surface area contributed by atoms with Crippen LogP contribution in [0.1, 0.15) is 50.5 Å². The van der Waals surface area contributed by atoms with E-state index in [-0.39, 0.29) is 17.2 Å². The smallest absolute Gasteiger partial charge is 0.253 e. The highest BCUT2D eigenvalue weighted by Crippen LogP contribution is 2.22. The topological polar surface area (TPSA) is 44.1 Å². The van der Waals surface area contributed by atoms with E-state index in [1.807, 2.05) is 38.1 Å². The van der Waals surface area contributed by atoms with Crippen molar-refractivity contribution in [2.75, 3.05) is 13.1 Å². The van der Waals surface area contributed by atoms with Crippen LogP contribution >= 0.6 is 0 Å².